The van der Waals surface area contributed by atoms with E-state index in [-0.39, 0.29) is 0 Å². The predicted molar refractivity (Wildman–Crippen MR) is 71.9 cm³/mol. The van der Waals surface area contributed by atoms with E-state index in [0.717, 1.165) is 21.4 Å². The zero-order chi connectivity index (χ0) is 11.7. The molecule has 1 heterocycles. The predicted octanol–water partition coefficient (Wildman–Crippen LogP) is 2.58. The van der Waals surface area contributed by atoms with Crippen LogP contribution in [0.4, 0.5) is 0 Å². The summed E-state index contributed by atoms with van der Waals surface area (Å²) >= 11 is 8.38. The van der Waals surface area contributed by atoms with Gasteiger partial charge in [-0.05, 0) is 25.1 Å². The maximum atomic E-state index is 5.60. The molecule has 0 saturated heterocycles. The van der Waals surface area contributed by atoms with Gasteiger partial charge in [0.05, 0.1) is 23.1 Å². The number of halogens is 1. The van der Waals surface area contributed by atoms with Crippen molar-refractivity contribution in [3.8, 4) is 5.69 Å². The molecule has 0 aliphatic heterocycles. The zero-order valence-corrected chi connectivity index (χ0v) is 11.0. The average molecular weight is 296 g/mol. The topological polar surface area (TPSA) is 43.8 Å². The van der Waals surface area contributed by atoms with Crippen LogP contribution in [-0.2, 0) is 0 Å². The van der Waals surface area contributed by atoms with Gasteiger partial charge in [-0.2, -0.15) is 5.10 Å². The van der Waals surface area contributed by atoms with E-state index in [9.17, 15) is 0 Å². The van der Waals surface area contributed by atoms with Crippen molar-refractivity contribution in [2.24, 2.45) is 5.73 Å². The van der Waals surface area contributed by atoms with Crippen molar-refractivity contribution in [1.29, 1.82) is 0 Å². The lowest BCUT2D eigenvalue weighted by Crippen LogP contribution is -2.10. The number of benzene rings is 1. The fourth-order valence-corrected chi connectivity index (χ4v) is 2.11. The molecule has 0 unspecified atom stereocenters. The van der Waals surface area contributed by atoms with Gasteiger partial charge >= 0.3 is 0 Å². The number of aromatic nitrogens is 2. The molecule has 0 bridgehead atoms. The Kier molecular flexibility index (Phi) is 3.07. The van der Waals surface area contributed by atoms with Gasteiger partial charge in [0, 0.05) is 4.47 Å². The number of rotatable bonds is 2. The first-order valence-corrected chi connectivity index (χ1v) is 5.90. The summed E-state index contributed by atoms with van der Waals surface area (Å²) in [6.07, 6.45) is 1.69. The van der Waals surface area contributed by atoms with Crippen molar-refractivity contribution in [2.45, 2.75) is 6.92 Å². The van der Waals surface area contributed by atoms with Gasteiger partial charge in [-0.1, -0.05) is 34.2 Å². The van der Waals surface area contributed by atoms with Crippen LogP contribution in [0.2, 0.25) is 0 Å². The number of thiocarbonyl (C=S) groups is 1. The highest BCUT2D eigenvalue weighted by Crippen LogP contribution is 2.18. The van der Waals surface area contributed by atoms with Crippen LogP contribution in [0.5, 0.6) is 0 Å². The molecular formula is C11H10BrN3S. The molecule has 0 fully saturated rings. The molecule has 1 aromatic carbocycles. The Balaban J connectivity index is 2.53. The van der Waals surface area contributed by atoms with E-state index in [2.05, 4.69) is 21.0 Å². The molecule has 16 heavy (non-hydrogen) atoms. The smallest absolute Gasteiger partial charge is 0.107 e. The number of hydrogen-bond donors (Lipinski definition) is 1. The van der Waals surface area contributed by atoms with Gasteiger partial charge in [0.2, 0.25) is 0 Å². The SMILES string of the molecule is Cc1c(C(N)=S)cnn1-c1cccc(Br)c1. The highest BCUT2D eigenvalue weighted by molar-refractivity contribution is 9.10. The summed E-state index contributed by atoms with van der Waals surface area (Å²) in [6.45, 7) is 1.95. The molecule has 0 spiro atoms. The first-order chi connectivity index (χ1) is 7.59. The van der Waals surface area contributed by atoms with E-state index in [0.29, 0.717) is 4.99 Å². The van der Waals surface area contributed by atoms with Crippen molar-refractivity contribution in [3.63, 3.8) is 0 Å². The standard InChI is InChI=1S/C11H10BrN3S/c1-7-10(11(13)16)6-14-15(7)9-4-2-3-8(12)5-9/h2-6H,1H3,(H2,13,16). The molecule has 0 aliphatic carbocycles. The van der Waals surface area contributed by atoms with Gasteiger partial charge in [0.1, 0.15) is 4.99 Å². The van der Waals surface area contributed by atoms with Crippen LogP contribution in [-0.4, -0.2) is 14.8 Å². The van der Waals surface area contributed by atoms with Crippen LogP contribution in [0, 0.1) is 6.92 Å². The molecule has 1 aromatic heterocycles. The summed E-state index contributed by atoms with van der Waals surface area (Å²) in [5.74, 6) is 0. The van der Waals surface area contributed by atoms with Crippen LogP contribution in [0.1, 0.15) is 11.3 Å². The monoisotopic (exact) mass is 295 g/mol. The van der Waals surface area contributed by atoms with Crippen LogP contribution < -0.4 is 5.73 Å². The van der Waals surface area contributed by atoms with E-state index in [1.807, 2.05) is 35.9 Å². The molecule has 0 atom stereocenters. The number of hydrogen-bond acceptors (Lipinski definition) is 2. The fourth-order valence-electron chi connectivity index (χ4n) is 1.52. The quantitative estimate of drug-likeness (QED) is 0.866. The second-order valence-corrected chi connectivity index (χ2v) is 4.76. The third kappa shape index (κ3) is 2.01. The minimum absolute atomic E-state index is 0.374. The van der Waals surface area contributed by atoms with E-state index in [4.69, 9.17) is 18.0 Å². The fraction of sp³-hybridized carbons (Fsp3) is 0.0909. The molecule has 0 aliphatic rings. The third-order valence-corrected chi connectivity index (χ3v) is 3.04. The van der Waals surface area contributed by atoms with Crippen LogP contribution >= 0.6 is 28.1 Å². The minimum atomic E-state index is 0.374. The van der Waals surface area contributed by atoms with Gasteiger partial charge in [0.25, 0.3) is 0 Å². The summed E-state index contributed by atoms with van der Waals surface area (Å²) in [6, 6.07) is 7.90. The van der Waals surface area contributed by atoms with Crippen molar-refractivity contribution in [3.05, 3.63) is 46.2 Å². The first-order valence-electron chi connectivity index (χ1n) is 4.70. The van der Waals surface area contributed by atoms with E-state index < -0.39 is 0 Å². The Morgan fingerprint density at radius 2 is 2.25 bits per heavy atom. The third-order valence-electron chi connectivity index (χ3n) is 2.33. The molecule has 0 radical (unpaired) electrons. The summed E-state index contributed by atoms with van der Waals surface area (Å²) in [7, 11) is 0. The molecule has 2 rings (SSSR count). The highest BCUT2D eigenvalue weighted by atomic mass is 79.9. The lowest BCUT2D eigenvalue weighted by atomic mass is 10.2. The second-order valence-electron chi connectivity index (χ2n) is 3.40. The summed E-state index contributed by atoms with van der Waals surface area (Å²) < 4.78 is 2.83. The van der Waals surface area contributed by atoms with Crippen LogP contribution in [0.15, 0.2) is 34.9 Å². The molecular weight excluding hydrogens is 286 g/mol. The molecule has 0 amide bonds. The molecule has 0 saturated carbocycles. The molecule has 2 N–H and O–H groups in total. The van der Waals surface area contributed by atoms with Gasteiger partial charge in [0.15, 0.2) is 0 Å². The van der Waals surface area contributed by atoms with Gasteiger partial charge in [-0.3, -0.25) is 0 Å². The largest absolute Gasteiger partial charge is 0.389 e. The Morgan fingerprint density at radius 1 is 1.50 bits per heavy atom. The van der Waals surface area contributed by atoms with Crippen molar-refractivity contribution < 1.29 is 0 Å². The van der Waals surface area contributed by atoms with E-state index in [1.54, 1.807) is 6.20 Å². The van der Waals surface area contributed by atoms with Crippen molar-refractivity contribution in [2.75, 3.05) is 0 Å². The van der Waals surface area contributed by atoms with E-state index in [1.165, 1.54) is 0 Å². The lowest BCUT2D eigenvalue weighted by Gasteiger charge is -2.05. The Morgan fingerprint density at radius 3 is 2.81 bits per heavy atom. The Labute approximate surface area is 107 Å². The number of nitrogens with two attached hydrogens (primary N) is 1. The molecule has 82 valence electrons. The van der Waals surface area contributed by atoms with Gasteiger partial charge in [-0.15, -0.1) is 0 Å². The summed E-state index contributed by atoms with van der Waals surface area (Å²) in [5, 5.41) is 4.28. The van der Waals surface area contributed by atoms with E-state index >= 15 is 0 Å². The minimum Gasteiger partial charge on any atom is -0.389 e. The first kappa shape index (κ1) is 11.3. The Bertz CT molecular complexity index is 548. The maximum Gasteiger partial charge on any atom is 0.107 e. The average Bonchev–Trinajstić information content (AvgIpc) is 2.60. The lowest BCUT2D eigenvalue weighted by molar-refractivity contribution is 0.846. The highest BCUT2D eigenvalue weighted by Gasteiger charge is 2.09. The Hall–Kier alpha value is -1.20. The molecule has 2 aromatic rings. The summed E-state index contributed by atoms with van der Waals surface area (Å²) in [5.41, 5.74) is 8.35. The van der Waals surface area contributed by atoms with Gasteiger partial charge < -0.3 is 5.73 Å². The van der Waals surface area contributed by atoms with Crippen molar-refractivity contribution >= 4 is 33.1 Å². The van der Waals surface area contributed by atoms with Crippen LogP contribution in [0.25, 0.3) is 5.69 Å². The maximum absolute atomic E-state index is 5.60. The normalized spacial score (nSPS) is 10.4. The van der Waals surface area contributed by atoms with Crippen molar-refractivity contribution in [1.82, 2.24) is 9.78 Å². The molecule has 5 heteroatoms. The summed E-state index contributed by atoms with van der Waals surface area (Å²) in [4.78, 5) is 0.374. The van der Waals surface area contributed by atoms with Crippen LogP contribution in [0.3, 0.4) is 0 Å². The zero-order valence-electron chi connectivity index (χ0n) is 8.64. The second kappa shape index (κ2) is 4.35. The number of nitrogens with zero attached hydrogens (tertiary/aromatic N) is 2. The molecule has 3 nitrogen and oxygen atoms in total. The van der Waals surface area contributed by atoms with Gasteiger partial charge in [-0.25, -0.2) is 4.68 Å².